The van der Waals surface area contributed by atoms with Gasteiger partial charge in [0.15, 0.2) is 11.5 Å². The van der Waals surface area contributed by atoms with E-state index >= 15 is 0 Å². The molecule has 1 aliphatic heterocycles. The van der Waals surface area contributed by atoms with Crippen molar-refractivity contribution >= 4 is 23.6 Å². The molecule has 4 rings (SSSR count). The number of nitrogens with zero attached hydrogens (tertiary/aromatic N) is 3. The fraction of sp³-hybridized carbons (Fsp3) is 0.360. The van der Waals surface area contributed by atoms with Crippen LogP contribution in [0.4, 0.5) is 11.7 Å². The van der Waals surface area contributed by atoms with Crippen LogP contribution in [-0.2, 0) is 9.53 Å². The number of carbonyl (C=O) groups excluding carboxylic acids is 2. The number of hydrogen-bond acceptors (Lipinski definition) is 9. The molecule has 35 heavy (non-hydrogen) atoms. The third kappa shape index (κ3) is 5.37. The summed E-state index contributed by atoms with van der Waals surface area (Å²) in [6.07, 6.45) is 1.23. The minimum absolute atomic E-state index is 0.127. The van der Waals surface area contributed by atoms with Gasteiger partial charge in [0.2, 0.25) is 11.7 Å². The van der Waals surface area contributed by atoms with Crippen molar-refractivity contribution in [1.29, 1.82) is 0 Å². The number of esters is 1. The zero-order chi connectivity index (χ0) is 24.8. The highest BCUT2D eigenvalue weighted by Crippen LogP contribution is 2.32. The summed E-state index contributed by atoms with van der Waals surface area (Å²) in [5, 5.41) is 6.98. The fourth-order valence-corrected chi connectivity index (χ4v) is 3.98. The molecule has 1 fully saturated rings. The number of rotatable bonds is 8. The van der Waals surface area contributed by atoms with E-state index in [1.165, 1.54) is 0 Å². The van der Waals surface area contributed by atoms with Crippen LogP contribution in [0.1, 0.15) is 30.1 Å². The van der Waals surface area contributed by atoms with Crippen LogP contribution in [0.3, 0.4) is 0 Å². The molecule has 1 N–H and O–H groups in total. The van der Waals surface area contributed by atoms with Crippen LogP contribution in [0.5, 0.6) is 11.5 Å². The van der Waals surface area contributed by atoms with Gasteiger partial charge in [-0.25, -0.2) is 4.79 Å². The Hall–Kier alpha value is -4.08. The van der Waals surface area contributed by atoms with Crippen LogP contribution < -0.4 is 19.7 Å². The number of amides is 1. The molecule has 2 heterocycles. The van der Waals surface area contributed by atoms with Crippen molar-refractivity contribution in [2.45, 2.75) is 19.8 Å². The Kier molecular flexibility index (Phi) is 7.49. The molecule has 0 aliphatic carbocycles. The second kappa shape index (κ2) is 10.9. The van der Waals surface area contributed by atoms with Crippen LogP contribution in [-0.4, -0.2) is 55.9 Å². The van der Waals surface area contributed by atoms with E-state index in [4.69, 9.17) is 18.7 Å². The van der Waals surface area contributed by atoms with Gasteiger partial charge in [-0.05, 0) is 50.1 Å². The first kappa shape index (κ1) is 24.1. The van der Waals surface area contributed by atoms with Crippen LogP contribution in [0.25, 0.3) is 11.4 Å². The maximum atomic E-state index is 12.9. The van der Waals surface area contributed by atoms with Gasteiger partial charge in [-0.15, -0.1) is 0 Å². The van der Waals surface area contributed by atoms with E-state index in [0.29, 0.717) is 60.5 Å². The van der Waals surface area contributed by atoms with Gasteiger partial charge < -0.3 is 29.0 Å². The number of hydrogen-bond donors (Lipinski definition) is 1. The maximum Gasteiger partial charge on any atom is 0.340 e. The topological polar surface area (TPSA) is 116 Å². The second-order valence-electron chi connectivity index (χ2n) is 7.99. The summed E-state index contributed by atoms with van der Waals surface area (Å²) >= 11 is 0. The van der Waals surface area contributed by atoms with Gasteiger partial charge in [-0.2, -0.15) is 4.98 Å². The number of carbonyl (C=O) groups is 2. The van der Waals surface area contributed by atoms with E-state index in [9.17, 15) is 9.59 Å². The number of para-hydroxylation sites is 1. The van der Waals surface area contributed by atoms with Gasteiger partial charge in [0.05, 0.1) is 32.1 Å². The van der Waals surface area contributed by atoms with Crippen molar-refractivity contribution in [3.05, 3.63) is 48.0 Å². The molecule has 2 aromatic carbocycles. The Bertz CT molecular complexity index is 1190. The van der Waals surface area contributed by atoms with Crippen LogP contribution >= 0.6 is 0 Å². The van der Waals surface area contributed by atoms with Gasteiger partial charge >= 0.3 is 12.0 Å². The minimum Gasteiger partial charge on any atom is -0.493 e. The summed E-state index contributed by atoms with van der Waals surface area (Å²) in [5.74, 6) is 0.849. The van der Waals surface area contributed by atoms with Crippen LogP contribution in [0.15, 0.2) is 47.0 Å². The lowest BCUT2D eigenvalue weighted by molar-refractivity contribution is -0.120. The third-order valence-corrected chi connectivity index (χ3v) is 5.87. The first-order chi connectivity index (χ1) is 17.0. The van der Waals surface area contributed by atoms with E-state index in [0.717, 1.165) is 5.56 Å². The first-order valence-electron chi connectivity index (χ1n) is 11.4. The highest BCUT2D eigenvalue weighted by molar-refractivity contribution is 6.01. The van der Waals surface area contributed by atoms with Crippen molar-refractivity contribution in [3.63, 3.8) is 0 Å². The Morgan fingerprint density at radius 3 is 2.54 bits per heavy atom. The summed E-state index contributed by atoms with van der Waals surface area (Å²) < 4.78 is 21.2. The number of methoxy groups -OCH3 is 2. The zero-order valence-electron chi connectivity index (χ0n) is 19.9. The molecule has 10 heteroatoms. The molecule has 1 saturated heterocycles. The van der Waals surface area contributed by atoms with Gasteiger partial charge in [0.25, 0.3) is 0 Å². The van der Waals surface area contributed by atoms with E-state index < -0.39 is 5.97 Å². The second-order valence-corrected chi connectivity index (χ2v) is 7.99. The smallest absolute Gasteiger partial charge is 0.340 e. The maximum absolute atomic E-state index is 12.9. The molecule has 0 unspecified atom stereocenters. The average Bonchev–Trinajstić information content (AvgIpc) is 3.39. The standard InChI is InChI=1S/C25H28N4O6/c1-4-34-24(31)18-7-5-6-8-19(18)26-23(30)16-11-13-29(14-12-16)25-27-22(28-35-25)17-9-10-20(32-2)21(15-17)33-3/h5-10,15-16H,4,11-14H2,1-3H3,(H,26,30). The predicted octanol–water partition coefficient (Wildman–Crippen LogP) is 3.79. The molecular formula is C25H28N4O6. The Morgan fingerprint density at radius 1 is 1.09 bits per heavy atom. The molecule has 10 nitrogen and oxygen atoms in total. The van der Waals surface area contributed by atoms with Crippen molar-refractivity contribution in [2.75, 3.05) is 44.1 Å². The number of ether oxygens (including phenoxy) is 3. The summed E-state index contributed by atoms with van der Waals surface area (Å²) in [5.41, 5.74) is 1.54. The highest BCUT2D eigenvalue weighted by atomic mass is 16.5. The molecule has 0 radical (unpaired) electrons. The number of aromatic nitrogens is 2. The summed E-state index contributed by atoms with van der Waals surface area (Å²) in [6.45, 7) is 3.19. The summed E-state index contributed by atoms with van der Waals surface area (Å²) in [7, 11) is 3.14. The molecule has 1 aromatic heterocycles. The van der Waals surface area contributed by atoms with Crippen LogP contribution in [0, 0.1) is 5.92 Å². The molecule has 0 saturated carbocycles. The fourth-order valence-electron chi connectivity index (χ4n) is 3.98. The molecule has 0 atom stereocenters. The SMILES string of the molecule is CCOC(=O)c1ccccc1NC(=O)C1CCN(c2nc(-c3ccc(OC)c(OC)c3)no2)CC1. The van der Waals surface area contributed by atoms with Gasteiger partial charge in [-0.1, -0.05) is 17.3 Å². The van der Waals surface area contributed by atoms with Gasteiger partial charge in [0, 0.05) is 24.6 Å². The lowest BCUT2D eigenvalue weighted by Crippen LogP contribution is -2.38. The molecule has 3 aromatic rings. The lowest BCUT2D eigenvalue weighted by atomic mass is 9.96. The quantitative estimate of drug-likeness (QED) is 0.481. The first-order valence-corrected chi connectivity index (χ1v) is 11.4. The van der Waals surface area contributed by atoms with E-state index in [2.05, 4.69) is 15.5 Å². The van der Waals surface area contributed by atoms with Gasteiger partial charge in [-0.3, -0.25) is 4.79 Å². The molecular weight excluding hydrogens is 452 g/mol. The normalized spacial score (nSPS) is 13.9. The van der Waals surface area contributed by atoms with Crippen molar-refractivity contribution in [3.8, 4) is 22.9 Å². The molecule has 1 amide bonds. The Morgan fingerprint density at radius 2 is 1.83 bits per heavy atom. The largest absolute Gasteiger partial charge is 0.493 e. The van der Waals surface area contributed by atoms with Crippen LogP contribution in [0.2, 0.25) is 0 Å². The average molecular weight is 481 g/mol. The third-order valence-electron chi connectivity index (χ3n) is 5.87. The highest BCUT2D eigenvalue weighted by Gasteiger charge is 2.28. The number of anilines is 2. The zero-order valence-corrected chi connectivity index (χ0v) is 19.9. The van der Waals surface area contributed by atoms with E-state index in [-0.39, 0.29) is 18.4 Å². The number of benzene rings is 2. The predicted molar refractivity (Wildman–Crippen MR) is 129 cm³/mol. The minimum atomic E-state index is -0.458. The van der Waals surface area contributed by atoms with E-state index in [1.807, 2.05) is 11.0 Å². The lowest BCUT2D eigenvalue weighted by Gasteiger charge is -2.29. The Balaban J connectivity index is 1.37. The Labute approximate surface area is 203 Å². The van der Waals surface area contributed by atoms with Crippen molar-refractivity contribution < 1.29 is 28.3 Å². The van der Waals surface area contributed by atoms with Crippen molar-refractivity contribution in [1.82, 2.24) is 10.1 Å². The van der Waals surface area contributed by atoms with Gasteiger partial charge in [0.1, 0.15) is 0 Å². The molecule has 184 valence electrons. The number of nitrogens with one attached hydrogen (secondary N) is 1. The molecule has 0 bridgehead atoms. The molecule has 0 spiro atoms. The van der Waals surface area contributed by atoms with Crippen molar-refractivity contribution in [2.24, 2.45) is 5.92 Å². The molecule has 1 aliphatic rings. The summed E-state index contributed by atoms with van der Waals surface area (Å²) in [6, 6.07) is 12.7. The number of piperidine rings is 1. The summed E-state index contributed by atoms with van der Waals surface area (Å²) in [4.78, 5) is 31.6. The van der Waals surface area contributed by atoms with E-state index in [1.54, 1.807) is 57.5 Å². The monoisotopic (exact) mass is 480 g/mol.